The Kier molecular flexibility index (Phi) is 6.73. The molecule has 1 spiro atoms. The first-order valence-electron chi connectivity index (χ1n) is 13.1. The van der Waals surface area contributed by atoms with E-state index in [2.05, 4.69) is 33.2 Å². The number of rotatable bonds is 6. The number of fused-ring (bicyclic) bond motifs is 1. The summed E-state index contributed by atoms with van der Waals surface area (Å²) in [4.78, 5) is 22.1. The first kappa shape index (κ1) is 25.0. The molecule has 3 heterocycles. The van der Waals surface area contributed by atoms with E-state index in [0.717, 1.165) is 59.6 Å². The van der Waals surface area contributed by atoms with Crippen molar-refractivity contribution < 1.29 is 9.53 Å². The topological polar surface area (TPSA) is 81.6 Å². The van der Waals surface area contributed by atoms with Gasteiger partial charge in [-0.15, -0.1) is 0 Å². The Morgan fingerprint density at radius 1 is 1.08 bits per heavy atom. The molecule has 2 fully saturated rings. The van der Waals surface area contributed by atoms with E-state index >= 15 is 0 Å². The average molecular weight is 498 g/mol. The van der Waals surface area contributed by atoms with E-state index < -0.39 is 0 Å². The van der Waals surface area contributed by atoms with E-state index in [1.807, 2.05) is 63.4 Å². The molecule has 0 bridgehead atoms. The molecule has 0 atom stereocenters. The molecule has 1 amide bonds. The lowest BCUT2D eigenvalue weighted by atomic mass is 9.60. The minimum absolute atomic E-state index is 0.165. The van der Waals surface area contributed by atoms with Crippen LogP contribution in [0.25, 0.3) is 11.3 Å². The molecule has 37 heavy (non-hydrogen) atoms. The van der Waals surface area contributed by atoms with Gasteiger partial charge in [0.1, 0.15) is 11.5 Å². The van der Waals surface area contributed by atoms with Crippen molar-refractivity contribution in [1.29, 1.82) is 5.41 Å². The third kappa shape index (κ3) is 4.60. The van der Waals surface area contributed by atoms with Crippen molar-refractivity contribution in [1.82, 2.24) is 14.8 Å². The summed E-state index contributed by atoms with van der Waals surface area (Å²) in [5, 5.41) is 10.6. The van der Waals surface area contributed by atoms with Crippen LogP contribution in [0, 0.1) is 10.8 Å². The van der Waals surface area contributed by atoms with Gasteiger partial charge in [0.05, 0.1) is 5.69 Å². The number of carbonyl (C=O) groups excluding carboxylic acids is 1. The Morgan fingerprint density at radius 2 is 1.84 bits per heavy atom. The van der Waals surface area contributed by atoms with Crippen LogP contribution in [-0.4, -0.2) is 60.1 Å². The second-order valence-electron chi connectivity index (χ2n) is 10.2. The lowest BCUT2D eigenvalue weighted by molar-refractivity contribution is -0.0905. The summed E-state index contributed by atoms with van der Waals surface area (Å²) >= 11 is 0. The summed E-state index contributed by atoms with van der Waals surface area (Å²) in [5.74, 6) is 1.53. The quantitative estimate of drug-likeness (QED) is 0.430. The molecular formula is C30H35N5O2. The lowest BCUT2D eigenvalue weighted by Gasteiger charge is -2.60. The number of anilines is 1. The van der Waals surface area contributed by atoms with Gasteiger partial charge in [-0.05, 0) is 61.2 Å². The molecule has 1 aromatic heterocycles. The molecule has 1 saturated carbocycles. The zero-order valence-electron chi connectivity index (χ0n) is 22.0. The third-order valence-electron chi connectivity index (χ3n) is 7.64. The summed E-state index contributed by atoms with van der Waals surface area (Å²) < 4.78 is 6.09. The fourth-order valence-electron chi connectivity index (χ4n) is 6.02. The van der Waals surface area contributed by atoms with Crippen molar-refractivity contribution in [3.05, 3.63) is 71.4 Å². The Hall–Kier alpha value is -3.71. The number of carbonyl (C=O) groups is 1. The molecule has 6 rings (SSSR count). The smallest absolute Gasteiger partial charge is 0.254 e. The van der Waals surface area contributed by atoms with E-state index in [1.54, 1.807) is 6.20 Å². The minimum Gasteiger partial charge on any atom is -0.457 e. The van der Waals surface area contributed by atoms with Crippen LogP contribution in [0.15, 0.2) is 54.7 Å². The minimum atomic E-state index is 0.165. The highest BCUT2D eigenvalue weighted by atomic mass is 16.5. The van der Waals surface area contributed by atoms with Gasteiger partial charge in [0.25, 0.3) is 5.91 Å². The van der Waals surface area contributed by atoms with Crippen molar-refractivity contribution in [2.24, 2.45) is 5.41 Å². The highest BCUT2D eigenvalue weighted by Gasteiger charge is 2.54. The van der Waals surface area contributed by atoms with E-state index in [-0.39, 0.29) is 5.91 Å². The van der Waals surface area contributed by atoms with Gasteiger partial charge in [0, 0.05) is 79.6 Å². The highest BCUT2D eigenvalue weighted by molar-refractivity contribution is 5.99. The van der Waals surface area contributed by atoms with Gasteiger partial charge >= 0.3 is 0 Å². The number of pyridine rings is 1. The number of ether oxygens (including phenoxy) is 1. The molecule has 2 aromatic carbocycles. The number of nitrogens with one attached hydrogen (secondary N) is 2. The van der Waals surface area contributed by atoms with Gasteiger partial charge in [-0.3, -0.25) is 9.78 Å². The van der Waals surface area contributed by atoms with Crippen molar-refractivity contribution >= 4 is 17.8 Å². The Labute approximate surface area is 219 Å². The molecule has 0 unspecified atom stereocenters. The molecule has 192 valence electrons. The van der Waals surface area contributed by atoms with Gasteiger partial charge in [0.15, 0.2) is 0 Å². The van der Waals surface area contributed by atoms with Gasteiger partial charge in [-0.1, -0.05) is 19.9 Å². The van der Waals surface area contributed by atoms with Crippen LogP contribution in [-0.2, 0) is 6.54 Å². The van der Waals surface area contributed by atoms with Crippen LogP contribution >= 0.6 is 0 Å². The molecule has 3 aromatic rings. The Bertz CT molecular complexity index is 1320. The van der Waals surface area contributed by atoms with Crippen molar-refractivity contribution in [2.45, 2.75) is 39.3 Å². The second-order valence-corrected chi connectivity index (χ2v) is 10.2. The summed E-state index contributed by atoms with van der Waals surface area (Å²) in [6.07, 6.45) is 5.31. The molecular weight excluding hydrogens is 462 g/mol. The van der Waals surface area contributed by atoms with Crippen LogP contribution in [0.2, 0.25) is 0 Å². The SMILES string of the molecule is CC.CNc1cc(Oc2ccnc(-c3ccc4c(c3)CN(C3CC5(C3)CN(C)C5)C4=O)c2)ccc1C=N. The van der Waals surface area contributed by atoms with Crippen LogP contribution in [0.3, 0.4) is 0 Å². The number of aromatic nitrogens is 1. The Balaban J connectivity index is 0.00000137. The van der Waals surface area contributed by atoms with Crippen molar-refractivity contribution in [2.75, 3.05) is 32.5 Å². The maximum absolute atomic E-state index is 13.1. The van der Waals surface area contributed by atoms with Gasteiger partial charge in [0.2, 0.25) is 0 Å². The van der Waals surface area contributed by atoms with E-state index in [9.17, 15) is 4.79 Å². The van der Waals surface area contributed by atoms with Crippen LogP contribution in [0.4, 0.5) is 5.69 Å². The van der Waals surface area contributed by atoms with Crippen molar-refractivity contribution in [3.8, 4) is 22.8 Å². The lowest BCUT2D eigenvalue weighted by Crippen LogP contribution is -2.65. The first-order chi connectivity index (χ1) is 18.0. The van der Waals surface area contributed by atoms with Gasteiger partial charge < -0.3 is 25.3 Å². The molecule has 3 aliphatic rings. The largest absolute Gasteiger partial charge is 0.457 e. The molecule has 1 saturated heterocycles. The third-order valence-corrected chi connectivity index (χ3v) is 7.64. The maximum Gasteiger partial charge on any atom is 0.254 e. The number of amides is 1. The number of nitrogens with zero attached hydrogens (tertiary/aromatic N) is 3. The summed E-state index contributed by atoms with van der Waals surface area (Å²) in [5.41, 5.74) is 5.77. The monoisotopic (exact) mass is 497 g/mol. The molecule has 2 aliphatic heterocycles. The number of hydrogen-bond donors (Lipinski definition) is 2. The molecule has 7 heteroatoms. The fraction of sp³-hybridized carbons (Fsp3) is 0.367. The van der Waals surface area contributed by atoms with Crippen LogP contribution in [0.5, 0.6) is 11.5 Å². The van der Waals surface area contributed by atoms with Crippen LogP contribution in [0.1, 0.15) is 48.2 Å². The molecule has 7 nitrogen and oxygen atoms in total. The van der Waals surface area contributed by atoms with Gasteiger partial charge in [-0.2, -0.15) is 0 Å². The first-order valence-corrected chi connectivity index (χ1v) is 13.1. The van der Waals surface area contributed by atoms with E-state index in [4.69, 9.17) is 10.1 Å². The number of benzene rings is 2. The summed E-state index contributed by atoms with van der Waals surface area (Å²) in [7, 11) is 3.99. The maximum atomic E-state index is 13.1. The number of hydrogen-bond acceptors (Lipinski definition) is 6. The summed E-state index contributed by atoms with van der Waals surface area (Å²) in [6, 6.07) is 15.7. The van der Waals surface area contributed by atoms with Gasteiger partial charge in [-0.25, -0.2) is 0 Å². The van der Waals surface area contributed by atoms with Crippen LogP contribution < -0.4 is 10.1 Å². The number of likely N-dealkylation sites (tertiary alicyclic amines) is 1. The molecule has 1 aliphatic carbocycles. The predicted molar refractivity (Wildman–Crippen MR) is 148 cm³/mol. The second kappa shape index (κ2) is 9.98. The fourth-order valence-corrected chi connectivity index (χ4v) is 6.02. The van der Waals surface area contributed by atoms with E-state index in [0.29, 0.717) is 29.5 Å². The summed E-state index contributed by atoms with van der Waals surface area (Å²) in [6.45, 7) is 7.01. The molecule has 0 radical (unpaired) electrons. The van der Waals surface area contributed by atoms with E-state index in [1.165, 1.54) is 6.21 Å². The normalized spacial score (nSPS) is 17.8. The highest BCUT2D eigenvalue weighted by Crippen LogP contribution is 2.51. The van der Waals surface area contributed by atoms with Crippen molar-refractivity contribution in [3.63, 3.8) is 0 Å². The standard InChI is InChI=1S/C28H29N5O2.C2H6/c1-30-25-10-22(5-3-19(25)14-29)35-23-7-8-31-26(11-23)18-4-6-24-20(9-18)15-33(27(24)34)21-12-28(13-21)16-32(2)17-28;1-2/h3-11,14,21,29-30H,12-13,15-17H2,1-2H3;1-2H3. The zero-order chi connectivity index (χ0) is 26.2. The average Bonchev–Trinajstić information content (AvgIpc) is 3.21. The Morgan fingerprint density at radius 3 is 2.54 bits per heavy atom. The zero-order valence-corrected chi connectivity index (χ0v) is 22.0. The molecule has 2 N–H and O–H groups in total. The predicted octanol–water partition coefficient (Wildman–Crippen LogP) is 5.66.